The Morgan fingerprint density at radius 3 is 2.74 bits per heavy atom. The van der Waals surface area contributed by atoms with E-state index in [4.69, 9.17) is 26.8 Å². The molecular weight excluding hydrogens is 364 g/mol. The molecule has 7 heteroatoms. The summed E-state index contributed by atoms with van der Waals surface area (Å²) in [7, 11) is 0. The SMILES string of the molecule is Cc1cc(N2CCCOCC2c2ccc(C3CCOC3)cc2Cl)nc(N)n1. The molecule has 2 saturated heterocycles. The average molecular weight is 389 g/mol. The van der Waals surface area contributed by atoms with Gasteiger partial charge in [-0.15, -0.1) is 0 Å². The number of ether oxygens (including phenoxy) is 2. The van der Waals surface area contributed by atoms with Crippen molar-refractivity contribution in [2.75, 3.05) is 43.6 Å². The monoisotopic (exact) mass is 388 g/mol. The predicted octanol–water partition coefficient (Wildman–Crippen LogP) is 3.49. The highest BCUT2D eigenvalue weighted by molar-refractivity contribution is 6.31. The number of nitrogens with zero attached hydrogens (tertiary/aromatic N) is 3. The molecule has 1 aromatic heterocycles. The zero-order chi connectivity index (χ0) is 18.8. The number of nitrogens with two attached hydrogens (primary N) is 1. The third-order valence-electron chi connectivity index (χ3n) is 5.28. The van der Waals surface area contributed by atoms with Gasteiger partial charge in [-0.05, 0) is 37.0 Å². The van der Waals surface area contributed by atoms with E-state index in [2.05, 4.69) is 33.1 Å². The van der Waals surface area contributed by atoms with Crippen molar-refractivity contribution in [1.82, 2.24) is 9.97 Å². The normalized spacial score (nSPS) is 23.4. The summed E-state index contributed by atoms with van der Waals surface area (Å²) in [5, 5.41) is 0.763. The number of halogens is 1. The quantitative estimate of drug-likeness (QED) is 0.867. The molecular formula is C20H25ClN4O2. The second kappa shape index (κ2) is 8.00. The van der Waals surface area contributed by atoms with Crippen LogP contribution < -0.4 is 10.6 Å². The fourth-order valence-corrected chi connectivity index (χ4v) is 4.21. The number of anilines is 2. The van der Waals surface area contributed by atoms with Crippen molar-refractivity contribution in [2.24, 2.45) is 0 Å². The fourth-order valence-electron chi connectivity index (χ4n) is 3.90. The summed E-state index contributed by atoms with van der Waals surface area (Å²) in [4.78, 5) is 10.9. The second-order valence-electron chi connectivity index (χ2n) is 7.20. The van der Waals surface area contributed by atoms with E-state index >= 15 is 0 Å². The molecule has 2 aromatic rings. The minimum Gasteiger partial charge on any atom is -0.381 e. The highest BCUT2D eigenvalue weighted by Gasteiger charge is 2.28. The predicted molar refractivity (Wildman–Crippen MR) is 106 cm³/mol. The zero-order valence-electron chi connectivity index (χ0n) is 15.5. The van der Waals surface area contributed by atoms with Gasteiger partial charge in [0.05, 0.1) is 19.3 Å². The topological polar surface area (TPSA) is 73.5 Å². The molecule has 1 aromatic carbocycles. The van der Waals surface area contributed by atoms with Crippen LogP contribution in [-0.2, 0) is 9.47 Å². The first-order valence-corrected chi connectivity index (χ1v) is 9.82. The number of aromatic nitrogens is 2. The number of hydrogen-bond acceptors (Lipinski definition) is 6. The standard InChI is InChI=1S/C20H25ClN4O2/c1-13-9-19(24-20(22)23-13)25-6-2-7-26-12-18(25)16-4-3-14(10-17(16)21)15-5-8-27-11-15/h3-4,9-10,15,18H,2,5-8,11-12H2,1H3,(H2,22,23,24). The number of benzene rings is 1. The van der Waals surface area contributed by atoms with Gasteiger partial charge in [-0.25, -0.2) is 4.98 Å². The highest BCUT2D eigenvalue weighted by atomic mass is 35.5. The molecule has 2 fully saturated rings. The molecule has 144 valence electrons. The van der Waals surface area contributed by atoms with Gasteiger partial charge in [0, 0.05) is 42.5 Å². The minimum absolute atomic E-state index is 0.0115. The molecule has 0 bridgehead atoms. The van der Waals surface area contributed by atoms with Crippen LogP contribution in [0, 0.1) is 6.92 Å². The summed E-state index contributed by atoms with van der Waals surface area (Å²) in [6, 6.07) is 8.33. The van der Waals surface area contributed by atoms with Gasteiger partial charge in [0.15, 0.2) is 0 Å². The van der Waals surface area contributed by atoms with Gasteiger partial charge >= 0.3 is 0 Å². The van der Waals surface area contributed by atoms with E-state index in [0.717, 1.165) is 61.3 Å². The summed E-state index contributed by atoms with van der Waals surface area (Å²) in [5.74, 6) is 1.54. The number of rotatable bonds is 3. The Morgan fingerprint density at radius 2 is 2.00 bits per heavy atom. The van der Waals surface area contributed by atoms with E-state index in [9.17, 15) is 0 Å². The van der Waals surface area contributed by atoms with Gasteiger partial charge in [0.25, 0.3) is 0 Å². The molecule has 4 rings (SSSR count). The first kappa shape index (κ1) is 18.5. The molecule has 2 atom stereocenters. The van der Waals surface area contributed by atoms with Crippen LogP contribution in [0.2, 0.25) is 5.02 Å². The van der Waals surface area contributed by atoms with Gasteiger partial charge in [-0.2, -0.15) is 4.98 Å². The van der Waals surface area contributed by atoms with Crippen LogP contribution >= 0.6 is 11.6 Å². The highest BCUT2D eigenvalue weighted by Crippen LogP contribution is 2.35. The summed E-state index contributed by atoms with van der Waals surface area (Å²) < 4.78 is 11.4. The van der Waals surface area contributed by atoms with Crippen molar-refractivity contribution in [3.63, 3.8) is 0 Å². The van der Waals surface area contributed by atoms with Gasteiger partial charge in [-0.1, -0.05) is 23.7 Å². The van der Waals surface area contributed by atoms with Crippen molar-refractivity contribution in [1.29, 1.82) is 0 Å². The van der Waals surface area contributed by atoms with Crippen LogP contribution in [0.5, 0.6) is 0 Å². The largest absolute Gasteiger partial charge is 0.381 e. The molecule has 3 heterocycles. The molecule has 2 N–H and O–H groups in total. The molecule has 2 aliphatic heterocycles. The van der Waals surface area contributed by atoms with Crippen LogP contribution in [0.1, 0.15) is 41.6 Å². The summed E-state index contributed by atoms with van der Waals surface area (Å²) in [6.45, 7) is 5.64. The Morgan fingerprint density at radius 1 is 1.15 bits per heavy atom. The second-order valence-corrected chi connectivity index (χ2v) is 7.61. The third kappa shape index (κ3) is 4.03. The fraction of sp³-hybridized carbons (Fsp3) is 0.500. The number of aryl methyl sites for hydroxylation is 1. The van der Waals surface area contributed by atoms with Crippen molar-refractivity contribution in [3.05, 3.63) is 46.1 Å². The summed E-state index contributed by atoms with van der Waals surface area (Å²) in [6.07, 6.45) is 1.97. The maximum atomic E-state index is 6.73. The Balaban J connectivity index is 1.68. The van der Waals surface area contributed by atoms with Crippen molar-refractivity contribution >= 4 is 23.4 Å². The molecule has 6 nitrogen and oxygen atoms in total. The van der Waals surface area contributed by atoms with Crippen LogP contribution in [0.25, 0.3) is 0 Å². The maximum absolute atomic E-state index is 6.73. The van der Waals surface area contributed by atoms with E-state index in [1.165, 1.54) is 5.56 Å². The molecule has 2 unspecified atom stereocenters. The molecule has 0 spiro atoms. The lowest BCUT2D eigenvalue weighted by Crippen LogP contribution is -2.32. The molecule has 0 saturated carbocycles. The maximum Gasteiger partial charge on any atom is 0.222 e. The van der Waals surface area contributed by atoms with E-state index in [-0.39, 0.29) is 12.0 Å². The molecule has 27 heavy (non-hydrogen) atoms. The molecule has 0 radical (unpaired) electrons. The van der Waals surface area contributed by atoms with Crippen molar-refractivity contribution in [3.8, 4) is 0 Å². The Labute approximate surface area is 164 Å². The van der Waals surface area contributed by atoms with E-state index in [1.807, 2.05) is 13.0 Å². The first-order chi connectivity index (χ1) is 13.1. The van der Waals surface area contributed by atoms with Crippen LogP contribution in [0.15, 0.2) is 24.3 Å². The van der Waals surface area contributed by atoms with Gasteiger partial charge in [0.1, 0.15) is 5.82 Å². The van der Waals surface area contributed by atoms with Crippen LogP contribution in [0.3, 0.4) is 0 Å². The van der Waals surface area contributed by atoms with Crippen molar-refractivity contribution < 1.29 is 9.47 Å². The van der Waals surface area contributed by atoms with E-state index < -0.39 is 0 Å². The zero-order valence-corrected chi connectivity index (χ0v) is 16.3. The third-order valence-corrected chi connectivity index (χ3v) is 5.60. The number of hydrogen-bond donors (Lipinski definition) is 1. The smallest absolute Gasteiger partial charge is 0.222 e. The Kier molecular flexibility index (Phi) is 5.48. The summed E-state index contributed by atoms with van der Waals surface area (Å²) >= 11 is 6.73. The van der Waals surface area contributed by atoms with E-state index in [1.54, 1.807) is 0 Å². The lowest BCUT2D eigenvalue weighted by molar-refractivity contribution is 0.134. The number of nitrogen functional groups attached to an aromatic ring is 1. The van der Waals surface area contributed by atoms with Crippen molar-refractivity contribution in [2.45, 2.75) is 31.7 Å². The first-order valence-electron chi connectivity index (χ1n) is 9.44. The van der Waals surface area contributed by atoms with Crippen LogP contribution in [-0.4, -0.2) is 42.9 Å². The lowest BCUT2D eigenvalue weighted by atomic mass is 9.95. The van der Waals surface area contributed by atoms with E-state index in [0.29, 0.717) is 12.5 Å². The Bertz CT molecular complexity index is 790. The molecule has 0 amide bonds. The van der Waals surface area contributed by atoms with Gasteiger partial charge in [-0.3, -0.25) is 0 Å². The van der Waals surface area contributed by atoms with Gasteiger partial charge < -0.3 is 20.1 Å². The lowest BCUT2D eigenvalue weighted by Gasteiger charge is -2.31. The molecule has 0 aliphatic carbocycles. The van der Waals surface area contributed by atoms with Crippen LogP contribution in [0.4, 0.5) is 11.8 Å². The average Bonchev–Trinajstić information content (AvgIpc) is 3.06. The minimum atomic E-state index is -0.0115. The summed E-state index contributed by atoms with van der Waals surface area (Å²) in [5.41, 5.74) is 9.03. The van der Waals surface area contributed by atoms with Gasteiger partial charge in [0.2, 0.25) is 5.95 Å². The molecule has 2 aliphatic rings. The Hall–Kier alpha value is -1.89.